The summed E-state index contributed by atoms with van der Waals surface area (Å²) in [7, 11) is 0. The summed E-state index contributed by atoms with van der Waals surface area (Å²) in [6, 6.07) is 0.267. The van der Waals surface area contributed by atoms with Gasteiger partial charge < -0.3 is 15.5 Å². The summed E-state index contributed by atoms with van der Waals surface area (Å²) >= 11 is 0. The van der Waals surface area contributed by atoms with Gasteiger partial charge in [-0.15, -0.1) is 0 Å². The summed E-state index contributed by atoms with van der Waals surface area (Å²) in [6.07, 6.45) is 5.17. The maximum Gasteiger partial charge on any atom is 0.240 e. The van der Waals surface area contributed by atoms with Gasteiger partial charge in [-0.05, 0) is 65.2 Å². The van der Waals surface area contributed by atoms with E-state index >= 15 is 0 Å². The van der Waals surface area contributed by atoms with Gasteiger partial charge in [0.15, 0.2) is 0 Å². The van der Waals surface area contributed by atoms with Crippen LogP contribution in [0.2, 0.25) is 0 Å². The second-order valence-electron chi connectivity index (χ2n) is 6.01. The molecule has 1 rings (SSSR count). The van der Waals surface area contributed by atoms with Gasteiger partial charge in [0.05, 0.1) is 5.54 Å². The van der Waals surface area contributed by atoms with Gasteiger partial charge in [0, 0.05) is 6.04 Å². The lowest BCUT2D eigenvalue weighted by Gasteiger charge is -2.29. The van der Waals surface area contributed by atoms with Crippen LogP contribution in [0, 0.1) is 0 Å². The monoisotopic (exact) mass is 283 g/mol. The van der Waals surface area contributed by atoms with E-state index in [4.69, 9.17) is 0 Å². The normalized spacial score (nSPS) is 24.1. The molecule has 2 unspecified atom stereocenters. The van der Waals surface area contributed by atoms with E-state index in [1.807, 2.05) is 0 Å². The first-order chi connectivity index (χ1) is 9.57. The minimum atomic E-state index is -0.298. The zero-order valence-corrected chi connectivity index (χ0v) is 13.8. The van der Waals surface area contributed by atoms with Crippen LogP contribution < -0.4 is 10.6 Å². The molecule has 0 spiro atoms. The van der Waals surface area contributed by atoms with E-state index < -0.39 is 0 Å². The van der Waals surface area contributed by atoms with Crippen molar-refractivity contribution in [2.45, 2.75) is 71.4 Å². The third kappa shape index (κ3) is 4.74. The third-order valence-electron chi connectivity index (χ3n) is 4.67. The quantitative estimate of drug-likeness (QED) is 0.681. The van der Waals surface area contributed by atoms with E-state index in [9.17, 15) is 4.79 Å². The second-order valence-corrected chi connectivity index (χ2v) is 6.01. The molecule has 0 bridgehead atoms. The van der Waals surface area contributed by atoms with Gasteiger partial charge in [0.1, 0.15) is 0 Å². The molecule has 20 heavy (non-hydrogen) atoms. The highest BCUT2D eigenvalue weighted by Gasteiger charge is 2.39. The molecule has 1 heterocycles. The van der Waals surface area contributed by atoms with Gasteiger partial charge in [-0.3, -0.25) is 4.79 Å². The van der Waals surface area contributed by atoms with Gasteiger partial charge in [-0.25, -0.2) is 0 Å². The fourth-order valence-corrected chi connectivity index (χ4v) is 3.06. The summed E-state index contributed by atoms with van der Waals surface area (Å²) in [5.41, 5.74) is -0.298. The number of carbonyl (C=O) groups is 1. The molecule has 2 atom stereocenters. The van der Waals surface area contributed by atoms with Crippen molar-refractivity contribution >= 4 is 5.91 Å². The fraction of sp³-hybridized carbons (Fsp3) is 0.938. The van der Waals surface area contributed by atoms with E-state index in [0.29, 0.717) is 0 Å². The fourth-order valence-electron chi connectivity index (χ4n) is 3.06. The van der Waals surface area contributed by atoms with E-state index in [0.717, 1.165) is 58.3 Å². The van der Waals surface area contributed by atoms with Gasteiger partial charge in [0.2, 0.25) is 5.91 Å². The van der Waals surface area contributed by atoms with Crippen molar-refractivity contribution in [2.75, 3.05) is 26.2 Å². The Morgan fingerprint density at radius 3 is 2.55 bits per heavy atom. The van der Waals surface area contributed by atoms with Crippen LogP contribution in [0.1, 0.15) is 59.8 Å². The molecule has 1 fully saturated rings. The molecular formula is C16H33N3O. The Kier molecular flexibility index (Phi) is 7.52. The number of nitrogens with one attached hydrogen (secondary N) is 2. The van der Waals surface area contributed by atoms with Crippen molar-refractivity contribution < 1.29 is 4.79 Å². The van der Waals surface area contributed by atoms with Crippen LogP contribution in [0.5, 0.6) is 0 Å². The SMILES string of the molecule is CCN(CC)CCCC(C)NC(=O)C1(CC)CCCN1. The van der Waals surface area contributed by atoms with E-state index in [1.165, 1.54) is 0 Å². The Morgan fingerprint density at radius 2 is 2.05 bits per heavy atom. The van der Waals surface area contributed by atoms with Crippen LogP contribution in [0.15, 0.2) is 0 Å². The first kappa shape index (κ1) is 17.4. The molecule has 1 aliphatic heterocycles. The van der Waals surface area contributed by atoms with Gasteiger partial charge in [0.25, 0.3) is 0 Å². The van der Waals surface area contributed by atoms with Crippen molar-refractivity contribution in [2.24, 2.45) is 0 Å². The summed E-state index contributed by atoms with van der Waals surface area (Å²) in [5.74, 6) is 0.202. The van der Waals surface area contributed by atoms with Gasteiger partial charge in [-0.1, -0.05) is 20.8 Å². The van der Waals surface area contributed by atoms with Crippen LogP contribution in [0.25, 0.3) is 0 Å². The predicted molar refractivity (Wildman–Crippen MR) is 84.9 cm³/mol. The first-order valence-electron chi connectivity index (χ1n) is 8.36. The Bertz CT molecular complexity index is 283. The molecule has 0 aromatic heterocycles. The Hall–Kier alpha value is -0.610. The maximum atomic E-state index is 12.4. The van der Waals surface area contributed by atoms with Gasteiger partial charge >= 0.3 is 0 Å². The van der Waals surface area contributed by atoms with Crippen molar-refractivity contribution in [1.82, 2.24) is 15.5 Å². The summed E-state index contributed by atoms with van der Waals surface area (Å²) in [5, 5.41) is 6.60. The molecule has 0 aromatic carbocycles. The molecule has 0 aliphatic carbocycles. The van der Waals surface area contributed by atoms with Crippen LogP contribution in [-0.2, 0) is 4.79 Å². The van der Waals surface area contributed by atoms with Crippen molar-refractivity contribution in [3.8, 4) is 0 Å². The molecular weight excluding hydrogens is 250 g/mol. The molecule has 4 heteroatoms. The van der Waals surface area contributed by atoms with Crippen LogP contribution >= 0.6 is 0 Å². The van der Waals surface area contributed by atoms with Crippen molar-refractivity contribution in [3.63, 3.8) is 0 Å². The second kappa shape index (κ2) is 8.63. The molecule has 1 aliphatic rings. The van der Waals surface area contributed by atoms with E-state index in [1.54, 1.807) is 0 Å². The lowest BCUT2D eigenvalue weighted by Crippen LogP contribution is -2.55. The van der Waals surface area contributed by atoms with E-state index in [-0.39, 0.29) is 17.5 Å². The molecule has 1 saturated heterocycles. The zero-order chi connectivity index (χ0) is 15.0. The number of hydrogen-bond donors (Lipinski definition) is 2. The summed E-state index contributed by atoms with van der Waals surface area (Å²) < 4.78 is 0. The molecule has 2 N–H and O–H groups in total. The van der Waals surface area contributed by atoms with E-state index in [2.05, 4.69) is 43.2 Å². The molecule has 0 aromatic rings. The summed E-state index contributed by atoms with van der Waals surface area (Å²) in [6.45, 7) is 12.9. The molecule has 1 amide bonds. The highest BCUT2D eigenvalue weighted by atomic mass is 16.2. The largest absolute Gasteiger partial charge is 0.352 e. The number of amides is 1. The number of carbonyl (C=O) groups excluding carboxylic acids is 1. The standard InChI is InChI=1S/C16H33N3O/c1-5-16(11-9-12-17-16)15(20)18-14(4)10-8-13-19(6-2)7-3/h14,17H,5-13H2,1-4H3,(H,18,20). The molecule has 4 nitrogen and oxygen atoms in total. The highest BCUT2D eigenvalue weighted by Crippen LogP contribution is 2.23. The third-order valence-corrected chi connectivity index (χ3v) is 4.67. The number of hydrogen-bond acceptors (Lipinski definition) is 3. The van der Waals surface area contributed by atoms with Gasteiger partial charge in [-0.2, -0.15) is 0 Å². The van der Waals surface area contributed by atoms with Crippen molar-refractivity contribution in [1.29, 1.82) is 0 Å². The Balaban J connectivity index is 2.31. The topological polar surface area (TPSA) is 44.4 Å². The molecule has 0 radical (unpaired) electrons. The minimum Gasteiger partial charge on any atom is -0.352 e. The molecule has 0 saturated carbocycles. The smallest absolute Gasteiger partial charge is 0.240 e. The molecule has 118 valence electrons. The zero-order valence-electron chi connectivity index (χ0n) is 13.8. The maximum absolute atomic E-state index is 12.4. The van der Waals surface area contributed by atoms with Crippen LogP contribution in [0.3, 0.4) is 0 Å². The Labute approximate surface area is 124 Å². The first-order valence-corrected chi connectivity index (χ1v) is 8.36. The number of rotatable bonds is 9. The average molecular weight is 283 g/mol. The minimum absolute atomic E-state index is 0.202. The van der Waals surface area contributed by atoms with Crippen LogP contribution in [-0.4, -0.2) is 48.6 Å². The highest BCUT2D eigenvalue weighted by molar-refractivity contribution is 5.86. The van der Waals surface area contributed by atoms with Crippen molar-refractivity contribution in [3.05, 3.63) is 0 Å². The van der Waals surface area contributed by atoms with Crippen LogP contribution in [0.4, 0.5) is 0 Å². The number of nitrogens with zero attached hydrogens (tertiary/aromatic N) is 1. The average Bonchev–Trinajstić information content (AvgIpc) is 2.93. The Morgan fingerprint density at radius 1 is 1.35 bits per heavy atom. The summed E-state index contributed by atoms with van der Waals surface area (Å²) in [4.78, 5) is 14.9. The predicted octanol–water partition coefficient (Wildman–Crippen LogP) is 2.15. The lowest BCUT2D eigenvalue weighted by molar-refractivity contribution is -0.128. The lowest BCUT2D eigenvalue weighted by atomic mass is 9.92.